The van der Waals surface area contributed by atoms with E-state index in [0.29, 0.717) is 6.42 Å². The highest BCUT2D eigenvalue weighted by Gasteiger charge is 2.44. The second-order valence-corrected chi connectivity index (χ2v) is 17.9. The molecule has 0 spiro atoms. The highest BCUT2D eigenvalue weighted by atomic mass is 31.2. The third kappa shape index (κ3) is 10.6. The average molecular weight is 629 g/mol. The van der Waals surface area contributed by atoms with Gasteiger partial charge < -0.3 is 4.89 Å². The van der Waals surface area contributed by atoms with Crippen LogP contribution in [0.4, 0.5) is 4.20 Å². The molecule has 0 radical (unpaired) electrons. The lowest BCUT2D eigenvalue weighted by Gasteiger charge is -2.42. The second-order valence-electron chi connectivity index (χ2n) is 17.2. The van der Waals surface area contributed by atoms with Gasteiger partial charge in [-0.3, -0.25) is 4.52 Å². The van der Waals surface area contributed by atoms with E-state index in [1.807, 2.05) is 0 Å². The number of hydrogen-bond acceptors (Lipinski definition) is 2. The summed E-state index contributed by atoms with van der Waals surface area (Å²) in [5.41, 5.74) is 5.13. The Balaban J connectivity index is 2.82. The molecule has 4 heteroatoms. The monoisotopic (exact) mass is 628 g/mol. The molecule has 0 bridgehead atoms. The first kappa shape index (κ1) is 38.9. The number of benzene rings is 2. The predicted octanol–water partition coefficient (Wildman–Crippen LogP) is 13.2. The van der Waals surface area contributed by atoms with E-state index >= 15 is 4.20 Å². The van der Waals surface area contributed by atoms with E-state index in [1.54, 1.807) is 0 Å². The van der Waals surface area contributed by atoms with Crippen LogP contribution in [0.1, 0.15) is 188 Å². The highest BCUT2D eigenvalue weighted by molar-refractivity contribution is 7.40. The fraction of sp³-hybridized carbons (Fsp3) is 0.700. The minimum Gasteiger partial charge on any atom is -0.325 e. The minimum atomic E-state index is -3.13. The molecule has 2 aromatic carbocycles. The van der Waals surface area contributed by atoms with Gasteiger partial charge in [0.05, 0.1) is 0 Å². The lowest BCUT2D eigenvalue weighted by molar-refractivity contribution is 0.0842. The zero-order chi connectivity index (χ0) is 33.6. The molecule has 0 heterocycles. The molecule has 0 saturated carbocycles. The predicted molar refractivity (Wildman–Crippen MR) is 192 cm³/mol. The Morgan fingerprint density at radius 3 is 1.23 bits per heavy atom. The van der Waals surface area contributed by atoms with Gasteiger partial charge in [0.1, 0.15) is 5.60 Å². The van der Waals surface area contributed by atoms with Crippen molar-refractivity contribution >= 4 is 8.69 Å². The van der Waals surface area contributed by atoms with Gasteiger partial charge in [-0.1, -0.05) is 178 Å². The fourth-order valence-corrected chi connectivity index (χ4v) is 6.88. The molecule has 0 aliphatic rings. The number of rotatable bonds is 14. The molecule has 1 atom stereocenters. The molecule has 0 amide bonds. The summed E-state index contributed by atoms with van der Waals surface area (Å²) in [6.45, 7) is 29.0. The first-order valence-corrected chi connectivity index (χ1v) is 18.4. The molecule has 0 aliphatic heterocycles. The molecule has 0 aliphatic carbocycles. The molecule has 2 aromatic rings. The van der Waals surface area contributed by atoms with Crippen LogP contribution in [0.15, 0.2) is 36.4 Å². The maximum Gasteiger partial charge on any atom is 0.373 e. The van der Waals surface area contributed by atoms with Crippen LogP contribution in [-0.4, -0.2) is 4.89 Å². The molecule has 1 N–H and O–H groups in total. The van der Waals surface area contributed by atoms with Gasteiger partial charge in [-0.05, 0) is 67.9 Å². The van der Waals surface area contributed by atoms with Gasteiger partial charge in [-0.15, -0.1) is 0 Å². The summed E-state index contributed by atoms with van der Waals surface area (Å²) in [4.78, 5) is 10.5. The van der Waals surface area contributed by atoms with E-state index in [4.69, 9.17) is 4.52 Å². The summed E-state index contributed by atoms with van der Waals surface area (Å²) in [6, 6.07) is 13.4. The molecule has 0 aromatic heterocycles. The van der Waals surface area contributed by atoms with Crippen molar-refractivity contribution in [2.45, 2.75) is 181 Å². The van der Waals surface area contributed by atoms with Crippen LogP contribution in [0, 0.1) is 0 Å². The number of halogens is 1. The molecule has 2 nitrogen and oxygen atoms in total. The number of hydrogen-bond donors (Lipinski definition) is 1. The van der Waals surface area contributed by atoms with E-state index in [1.165, 1.54) is 49.7 Å². The van der Waals surface area contributed by atoms with Gasteiger partial charge in [0, 0.05) is 0 Å². The highest BCUT2D eigenvalue weighted by Crippen LogP contribution is 2.54. The molecule has 1 unspecified atom stereocenters. The lowest BCUT2D eigenvalue weighted by atomic mass is 9.68. The summed E-state index contributed by atoms with van der Waals surface area (Å²) in [7, 11) is -3.13. The molecule has 0 fully saturated rings. The SMILES string of the molecule is CCCCCCCCCCCC(OP(O)F)(c1ccc(C(C)(C)C)cc1C(C)(C)C)c1ccc(C(C)(C)C)cc1C(C)(C)C. The number of unbranched alkanes of at least 4 members (excludes halogenated alkanes) is 8. The summed E-state index contributed by atoms with van der Waals surface area (Å²) >= 11 is 0. The summed E-state index contributed by atoms with van der Waals surface area (Å²) < 4.78 is 21.5. The van der Waals surface area contributed by atoms with E-state index in [9.17, 15) is 4.89 Å². The quantitative estimate of drug-likeness (QED) is 0.167. The maximum atomic E-state index is 15.1. The summed E-state index contributed by atoms with van der Waals surface area (Å²) in [6.07, 6.45) is 11.5. The normalized spacial score (nSPS) is 14.2. The van der Waals surface area contributed by atoms with Gasteiger partial charge in [0.25, 0.3) is 0 Å². The molecule has 250 valence electrons. The Bertz CT molecular complexity index is 1100. The van der Waals surface area contributed by atoms with Gasteiger partial charge >= 0.3 is 8.69 Å². The van der Waals surface area contributed by atoms with Crippen LogP contribution in [0.5, 0.6) is 0 Å². The van der Waals surface area contributed by atoms with Gasteiger partial charge in [0.2, 0.25) is 0 Å². The van der Waals surface area contributed by atoms with Crippen molar-refractivity contribution in [1.82, 2.24) is 0 Å². The van der Waals surface area contributed by atoms with Crippen molar-refractivity contribution < 1.29 is 13.6 Å². The Hall–Kier alpha value is -1.28. The van der Waals surface area contributed by atoms with Crippen molar-refractivity contribution in [2.75, 3.05) is 0 Å². The Kier molecular flexibility index (Phi) is 13.7. The smallest absolute Gasteiger partial charge is 0.325 e. The lowest BCUT2D eigenvalue weighted by Crippen LogP contribution is -2.36. The van der Waals surface area contributed by atoms with Crippen LogP contribution >= 0.6 is 8.69 Å². The van der Waals surface area contributed by atoms with E-state index in [-0.39, 0.29) is 21.7 Å². The minimum absolute atomic E-state index is 0.0339. The van der Waals surface area contributed by atoms with E-state index < -0.39 is 14.3 Å². The van der Waals surface area contributed by atoms with Crippen LogP contribution in [0.25, 0.3) is 0 Å². The summed E-state index contributed by atoms with van der Waals surface area (Å²) in [5.74, 6) is 0. The zero-order valence-electron chi connectivity index (χ0n) is 30.7. The third-order valence-electron chi connectivity index (χ3n) is 9.12. The maximum absolute atomic E-state index is 15.1. The largest absolute Gasteiger partial charge is 0.373 e. The van der Waals surface area contributed by atoms with Crippen LogP contribution in [-0.2, 0) is 31.8 Å². The van der Waals surface area contributed by atoms with Crippen molar-refractivity contribution in [3.8, 4) is 0 Å². The van der Waals surface area contributed by atoms with E-state index in [2.05, 4.69) is 126 Å². The summed E-state index contributed by atoms with van der Waals surface area (Å²) in [5, 5.41) is 0. The average Bonchev–Trinajstić information content (AvgIpc) is 2.88. The van der Waals surface area contributed by atoms with Crippen molar-refractivity contribution in [3.05, 3.63) is 69.8 Å². The molecule has 44 heavy (non-hydrogen) atoms. The van der Waals surface area contributed by atoms with Crippen LogP contribution < -0.4 is 0 Å². The Morgan fingerprint density at radius 2 is 0.909 bits per heavy atom. The third-order valence-corrected chi connectivity index (χ3v) is 9.58. The molecule has 2 rings (SSSR count). The first-order chi connectivity index (χ1) is 20.1. The van der Waals surface area contributed by atoms with Crippen molar-refractivity contribution in [2.24, 2.45) is 0 Å². The second kappa shape index (κ2) is 15.5. The van der Waals surface area contributed by atoms with Gasteiger partial charge in [-0.25, -0.2) is 0 Å². The van der Waals surface area contributed by atoms with E-state index in [0.717, 1.165) is 41.5 Å². The zero-order valence-corrected chi connectivity index (χ0v) is 31.6. The van der Waals surface area contributed by atoms with Crippen LogP contribution in [0.3, 0.4) is 0 Å². The van der Waals surface area contributed by atoms with Crippen molar-refractivity contribution in [1.29, 1.82) is 0 Å². The van der Waals surface area contributed by atoms with Gasteiger partial charge in [-0.2, -0.15) is 4.20 Å². The fourth-order valence-electron chi connectivity index (χ4n) is 6.34. The Morgan fingerprint density at radius 1 is 0.545 bits per heavy atom. The van der Waals surface area contributed by atoms with Gasteiger partial charge in [0.15, 0.2) is 0 Å². The standard InChI is InChI=1S/C40H66FO2P/c1-14-15-16-17-18-19-20-21-22-27-40(43-44(41)42,32-25-23-30(36(2,3)4)28-34(32)38(8,9)10)33-26-24-31(37(5,6)7)29-35(33)39(11,12)13/h23-26,28-29,42H,14-22,27H2,1-13H3. The topological polar surface area (TPSA) is 29.5 Å². The van der Waals surface area contributed by atoms with Crippen molar-refractivity contribution in [3.63, 3.8) is 0 Å². The molecular formula is C40H66FO2P. The van der Waals surface area contributed by atoms with Crippen LogP contribution in [0.2, 0.25) is 0 Å². The first-order valence-electron chi connectivity index (χ1n) is 17.3. The Labute approximate surface area is 273 Å². The molecular weight excluding hydrogens is 562 g/mol. The molecule has 0 saturated heterocycles.